The third-order valence-corrected chi connectivity index (χ3v) is 1.00. The number of ether oxygens (including phenoxy) is 2. The molecule has 0 atom stereocenters. The summed E-state index contributed by atoms with van der Waals surface area (Å²) >= 11 is 0. The standard InChI is InChI=1S/2C5H12O.C3H8.C2H6/c2*1-5(2)4-6-3;1-3-2;1-2/h2*5H,4H2,1-3H3;3H2,1-2H3;1-2H3. The van der Waals surface area contributed by atoms with Gasteiger partial charge in [-0.2, -0.15) is 0 Å². The second-order valence-electron chi connectivity index (χ2n) is 4.41. The van der Waals surface area contributed by atoms with E-state index in [0.717, 1.165) is 13.2 Å². The molecular formula is C15H38O2. The minimum absolute atomic E-state index is 0.676. The molecule has 110 valence electrons. The summed E-state index contributed by atoms with van der Waals surface area (Å²) < 4.78 is 9.61. The summed E-state index contributed by atoms with van der Waals surface area (Å²) in [4.78, 5) is 0. The van der Waals surface area contributed by atoms with Gasteiger partial charge in [0.2, 0.25) is 0 Å². The fourth-order valence-electron chi connectivity index (χ4n) is 0.667. The lowest BCUT2D eigenvalue weighted by Crippen LogP contribution is -1.96. The maximum Gasteiger partial charge on any atom is 0.0485 e. The predicted molar refractivity (Wildman–Crippen MR) is 80.7 cm³/mol. The van der Waals surface area contributed by atoms with Crippen LogP contribution in [0.4, 0.5) is 0 Å². The van der Waals surface area contributed by atoms with E-state index >= 15 is 0 Å². The molecule has 0 aliphatic rings. The first-order valence-electron chi connectivity index (χ1n) is 6.93. The highest BCUT2D eigenvalue weighted by molar-refractivity contribution is 4.35. The van der Waals surface area contributed by atoms with Crippen LogP contribution < -0.4 is 0 Å². The SMILES string of the molecule is CC.CCC.COCC(C)C.COCC(C)C. The van der Waals surface area contributed by atoms with Crippen LogP contribution in [0.3, 0.4) is 0 Å². The van der Waals surface area contributed by atoms with Crippen LogP contribution in [0.2, 0.25) is 0 Å². The average Bonchev–Trinajstić information content (AvgIpc) is 2.22. The monoisotopic (exact) mass is 250 g/mol. The number of hydrogen-bond acceptors (Lipinski definition) is 2. The molecule has 0 unspecified atom stereocenters. The van der Waals surface area contributed by atoms with Crippen LogP contribution >= 0.6 is 0 Å². The average molecular weight is 250 g/mol. The summed E-state index contributed by atoms with van der Waals surface area (Å²) in [7, 11) is 3.44. The Balaban J connectivity index is -0.0000000727. The first kappa shape index (κ1) is 25.7. The molecule has 0 N–H and O–H groups in total. The molecule has 0 heterocycles. The molecule has 0 amide bonds. The molecule has 17 heavy (non-hydrogen) atoms. The number of methoxy groups -OCH3 is 2. The molecular weight excluding hydrogens is 212 g/mol. The molecule has 0 aliphatic heterocycles. The highest BCUT2D eigenvalue weighted by Gasteiger charge is 1.86. The zero-order valence-electron chi connectivity index (χ0n) is 14.1. The van der Waals surface area contributed by atoms with Gasteiger partial charge in [-0.25, -0.2) is 0 Å². The van der Waals surface area contributed by atoms with Crippen molar-refractivity contribution in [1.29, 1.82) is 0 Å². The van der Waals surface area contributed by atoms with E-state index in [4.69, 9.17) is 9.47 Å². The van der Waals surface area contributed by atoms with Crippen LogP contribution in [-0.2, 0) is 9.47 Å². The van der Waals surface area contributed by atoms with Crippen LogP contribution in [0.15, 0.2) is 0 Å². The van der Waals surface area contributed by atoms with Gasteiger partial charge in [0.25, 0.3) is 0 Å². The van der Waals surface area contributed by atoms with Gasteiger partial charge in [0.05, 0.1) is 0 Å². The van der Waals surface area contributed by atoms with Crippen LogP contribution in [0, 0.1) is 11.8 Å². The Kier molecular flexibility index (Phi) is 44.9. The van der Waals surface area contributed by atoms with Gasteiger partial charge in [-0.1, -0.05) is 61.8 Å². The van der Waals surface area contributed by atoms with Crippen LogP contribution in [0.1, 0.15) is 61.8 Å². The molecule has 0 saturated heterocycles. The Bertz CT molecular complexity index is 71.0. The highest BCUT2D eigenvalue weighted by atomic mass is 16.5. The van der Waals surface area contributed by atoms with Crippen molar-refractivity contribution < 1.29 is 9.47 Å². The van der Waals surface area contributed by atoms with E-state index in [1.165, 1.54) is 6.42 Å². The van der Waals surface area contributed by atoms with Gasteiger partial charge in [0.15, 0.2) is 0 Å². The second-order valence-corrected chi connectivity index (χ2v) is 4.41. The van der Waals surface area contributed by atoms with E-state index in [0.29, 0.717) is 11.8 Å². The van der Waals surface area contributed by atoms with Gasteiger partial charge in [-0.3, -0.25) is 0 Å². The molecule has 0 bridgehead atoms. The lowest BCUT2D eigenvalue weighted by atomic mass is 10.2. The third-order valence-electron chi connectivity index (χ3n) is 1.00. The Morgan fingerprint density at radius 3 is 0.882 bits per heavy atom. The zero-order valence-corrected chi connectivity index (χ0v) is 14.1. The van der Waals surface area contributed by atoms with Crippen molar-refractivity contribution in [2.45, 2.75) is 61.8 Å². The Hall–Kier alpha value is -0.0800. The fraction of sp³-hybridized carbons (Fsp3) is 1.00. The molecule has 0 saturated carbocycles. The first-order valence-corrected chi connectivity index (χ1v) is 6.93. The summed E-state index contributed by atoms with van der Waals surface area (Å²) in [5.41, 5.74) is 0. The maximum atomic E-state index is 4.80. The molecule has 2 nitrogen and oxygen atoms in total. The molecule has 0 aromatic heterocycles. The van der Waals surface area contributed by atoms with E-state index in [2.05, 4.69) is 41.5 Å². The molecule has 0 aliphatic carbocycles. The molecule has 0 spiro atoms. The van der Waals surface area contributed by atoms with E-state index in [1.807, 2.05) is 13.8 Å². The van der Waals surface area contributed by atoms with E-state index in [-0.39, 0.29) is 0 Å². The molecule has 0 rings (SSSR count). The van der Waals surface area contributed by atoms with Crippen LogP contribution in [-0.4, -0.2) is 27.4 Å². The lowest BCUT2D eigenvalue weighted by Gasteiger charge is -1.97. The topological polar surface area (TPSA) is 18.5 Å². The normalized spacial score (nSPS) is 8.47. The van der Waals surface area contributed by atoms with E-state index < -0.39 is 0 Å². The Morgan fingerprint density at radius 1 is 0.706 bits per heavy atom. The van der Waals surface area contributed by atoms with Gasteiger partial charge in [-0.05, 0) is 11.8 Å². The quantitative estimate of drug-likeness (QED) is 0.697. The first-order chi connectivity index (χ1) is 7.95. The Morgan fingerprint density at radius 2 is 0.882 bits per heavy atom. The summed E-state index contributed by atoms with van der Waals surface area (Å²) in [5.74, 6) is 1.35. The van der Waals surface area contributed by atoms with Gasteiger partial charge in [0.1, 0.15) is 0 Å². The van der Waals surface area contributed by atoms with Crippen molar-refractivity contribution in [3.63, 3.8) is 0 Å². The van der Waals surface area contributed by atoms with Gasteiger partial charge in [-0.15, -0.1) is 0 Å². The van der Waals surface area contributed by atoms with Crippen LogP contribution in [0.25, 0.3) is 0 Å². The summed E-state index contributed by atoms with van der Waals surface area (Å²) in [6, 6.07) is 0. The van der Waals surface area contributed by atoms with Gasteiger partial charge in [0, 0.05) is 27.4 Å². The van der Waals surface area contributed by atoms with E-state index in [9.17, 15) is 0 Å². The Labute approximate surface area is 111 Å². The largest absolute Gasteiger partial charge is 0.384 e. The summed E-state index contributed by atoms with van der Waals surface area (Å²) in [6.07, 6.45) is 1.25. The van der Waals surface area contributed by atoms with Crippen molar-refractivity contribution in [3.8, 4) is 0 Å². The van der Waals surface area contributed by atoms with Crippen molar-refractivity contribution in [3.05, 3.63) is 0 Å². The molecule has 0 aromatic rings. The highest BCUT2D eigenvalue weighted by Crippen LogP contribution is 1.88. The minimum Gasteiger partial charge on any atom is -0.384 e. The van der Waals surface area contributed by atoms with Gasteiger partial charge < -0.3 is 9.47 Å². The number of hydrogen-bond donors (Lipinski definition) is 0. The number of rotatable bonds is 4. The minimum atomic E-state index is 0.676. The summed E-state index contributed by atoms with van der Waals surface area (Å²) in [5, 5.41) is 0. The molecule has 0 radical (unpaired) electrons. The third kappa shape index (κ3) is 88.0. The van der Waals surface area contributed by atoms with Crippen molar-refractivity contribution >= 4 is 0 Å². The van der Waals surface area contributed by atoms with Gasteiger partial charge >= 0.3 is 0 Å². The molecule has 0 aromatic carbocycles. The fourth-order valence-corrected chi connectivity index (χ4v) is 0.667. The van der Waals surface area contributed by atoms with Crippen molar-refractivity contribution in [1.82, 2.24) is 0 Å². The second kappa shape index (κ2) is 29.7. The molecule has 0 fully saturated rings. The predicted octanol–water partition coefficient (Wildman–Crippen LogP) is 5.02. The maximum absolute atomic E-state index is 4.80. The van der Waals surface area contributed by atoms with Crippen molar-refractivity contribution in [2.24, 2.45) is 11.8 Å². The zero-order chi connectivity index (χ0) is 14.7. The van der Waals surface area contributed by atoms with Crippen molar-refractivity contribution in [2.75, 3.05) is 27.4 Å². The van der Waals surface area contributed by atoms with E-state index in [1.54, 1.807) is 14.2 Å². The summed E-state index contributed by atoms with van der Waals surface area (Å²) in [6.45, 7) is 18.5. The molecule has 2 heteroatoms. The lowest BCUT2D eigenvalue weighted by molar-refractivity contribution is 0.167. The smallest absolute Gasteiger partial charge is 0.0485 e. The van der Waals surface area contributed by atoms with Crippen LogP contribution in [0.5, 0.6) is 0 Å².